The van der Waals surface area contributed by atoms with E-state index in [0.29, 0.717) is 6.04 Å². The Morgan fingerprint density at radius 1 is 1.06 bits per heavy atom. The summed E-state index contributed by atoms with van der Waals surface area (Å²) < 4.78 is 0. The van der Waals surface area contributed by atoms with Crippen LogP contribution in [0.3, 0.4) is 0 Å². The number of nitrogens with one attached hydrogen (secondary N) is 1. The van der Waals surface area contributed by atoms with Crippen molar-refractivity contribution in [2.24, 2.45) is 0 Å². The summed E-state index contributed by atoms with van der Waals surface area (Å²) in [7, 11) is 0. The second-order valence-corrected chi connectivity index (χ2v) is 5.03. The second kappa shape index (κ2) is 7.55. The van der Waals surface area contributed by atoms with E-state index in [1.54, 1.807) is 0 Å². The molecule has 0 spiro atoms. The first-order chi connectivity index (χ1) is 8.62. The van der Waals surface area contributed by atoms with Gasteiger partial charge in [0, 0.05) is 12.1 Å². The smallest absolute Gasteiger partial charge is 0.0942 e. The summed E-state index contributed by atoms with van der Waals surface area (Å²) in [5, 5.41) is 13.9. The van der Waals surface area contributed by atoms with Crippen LogP contribution in [-0.2, 0) is 6.42 Å². The summed E-state index contributed by atoms with van der Waals surface area (Å²) in [5.74, 6) is 0. The predicted octanol–water partition coefficient (Wildman–Crippen LogP) is 3.45. The first-order valence-corrected chi connectivity index (χ1v) is 7.15. The lowest BCUT2D eigenvalue weighted by atomic mass is 9.98. The molecule has 2 N–H and O–H groups in total. The minimum Gasteiger partial charge on any atom is -0.387 e. The highest BCUT2D eigenvalue weighted by Gasteiger charge is 2.20. The maximum absolute atomic E-state index is 10.4. The lowest BCUT2D eigenvalue weighted by Crippen LogP contribution is -2.40. The Labute approximate surface area is 111 Å². The molecule has 3 unspecified atom stereocenters. The predicted molar refractivity (Wildman–Crippen MR) is 77.7 cm³/mol. The molecule has 102 valence electrons. The van der Waals surface area contributed by atoms with Crippen LogP contribution >= 0.6 is 0 Å². The summed E-state index contributed by atoms with van der Waals surface area (Å²) in [6.45, 7) is 8.58. The third-order valence-electron chi connectivity index (χ3n) is 3.66. The lowest BCUT2D eigenvalue weighted by Gasteiger charge is -2.26. The van der Waals surface area contributed by atoms with E-state index in [4.69, 9.17) is 0 Å². The summed E-state index contributed by atoms with van der Waals surface area (Å²) in [6, 6.07) is 8.88. The molecule has 1 rings (SSSR count). The molecule has 0 saturated heterocycles. The van der Waals surface area contributed by atoms with Crippen molar-refractivity contribution in [1.29, 1.82) is 0 Å². The highest BCUT2D eigenvalue weighted by atomic mass is 16.3. The Bertz CT molecular complexity index is 333. The van der Waals surface area contributed by atoms with Gasteiger partial charge < -0.3 is 10.4 Å². The topological polar surface area (TPSA) is 32.3 Å². The van der Waals surface area contributed by atoms with Crippen molar-refractivity contribution in [2.45, 2.75) is 65.1 Å². The average Bonchev–Trinajstić information content (AvgIpc) is 2.43. The molecule has 1 aromatic rings. The number of aryl methyl sites for hydroxylation is 1. The zero-order valence-corrected chi connectivity index (χ0v) is 12.1. The fourth-order valence-corrected chi connectivity index (χ4v) is 2.10. The molecule has 0 fully saturated rings. The van der Waals surface area contributed by atoms with Gasteiger partial charge in [0.1, 0.15) is 0 Å². The van der Waals surface area contributed by atoms with Gasteiger partial charge in [-0.25, -0.2) is 0 Å². The normalized spacial score (nSPS) is 16.3. The van der Waals surface area contributed by atoms with Gasteiger partial charge in [-0.1, -0.05) is 45.0 Å². The monoisotopic (exact) mass is 249 g/mol. The molecular weight excluding hydrogens is 222 g/mol. The molecule has 0 radical (unpaired) electrons. The van der Waals surface area contributed by atoms with Gasteiger partial charge in [-0.15, -0.1) is 0 Å². The molecule has 0 aromatic heterocycles. The lowest BCUT2D eigenvalue weighted by molar-refractivity contribution is 0.120. The van der Waals surface area contributed by atoms with Crippen molar-refractivity contribution < 1.29 is 5.11 Å². The van der Waals surface area contributed by atoms with E-state index < -0.39 is 6.10 Å². The summed E-state index contributed by atoms with van der Waals surface area (Å²) in [4.78, 5) is 0. The zero-order chi connectivity index (χ0) is 13.5. The highest BCUT2D eigenvalue weighted by Crippen LogP contribution is 2.20. The van der Waals surface area contributed by atoms with E-state index in [2.05, 4.69) is 45.1 Å². The molecule has 2 nitrogen and oxygen atoms in total. The molecule has 0 aliphatic rings. The molecule has 2 heteroatoms. The van der Waals surface area contributed by atoms with Crippen LogP contribution in [0.2, 0.25) is 0 Å². The van der Waals surface area contributed by atoms with Gasteiger partial charge in [0.2, 0.25) is 0 Å². The van der Waals surface area contributed by atoms with Crippen molar-refractivity contribution >= 4 is 0 Å². The molecule has 0 heterocycles. The van der Waals surface area contributed by atoms with Crippen molar-refractivity contribution in [1.82, 2.24) is 5.32 Å². The Morgan fingerprint density at radius 3 is 2.11 bits per heavy atom. The Kier molecular flexibility index (Phi) is 6.37. The van der Waals surface area contributed by atoms with Gasteiger partial charge >= 0.3 is 0 Å². The summed E-state index contributed by atoms with van der Waals surface area (Å²) in [6.07, 6.45) is 2.63. The Hall–Kier alpha value is -0.860. The molecule has 18 heavy (non-hydrogen) atoms. The third-order valence-corrected chi connectivity index (χ3v) is 3.66. The van der Waals surface area contributed by atoms with Gasteiger partial charge in [0.05, 0.1) is 6.10 Å². The van der Waals surface area contributed by atoms with E-state index in [9.17, 15) is 5.11 Å². The van der Waals surface area contributed by atoms with Crippen molar-refractivity contribution in [3.05, 3.63) is 35.4 Å². The fraction of sp³-hybridized carbons (Fsp3) is 0.625. The minimum absolute atomic E-state index is 0.132. The number of aliphatic hydroxyl groups excluding tert-OH is 1. The molecule has 0 bridgehead atoms. The third kappa shape index (κ3) is 4.11. The Balaban J connectivity index is 2.72. The van der Waals surface area contributed by atoms with Gasteiger partial charge in [-0.2, -0.15) is 0 Å². The quantitative estimate of drug-likeness (QED) is 0.775. The van der Waals surface area contributed by atoms with Gasteiger partial charge in [-0.05, 0) is 37.3 Å². The zero-order valence-electron chi connectivity index (χ0n) is 12.1. The van der Waals surface area contributed by atoms with Crippen LogP contribution in [-0.4, -0.2) is 17.2 Å². The second-order valence-electron chi connectivity index (χ2n) is 5.03. The van der Waals surface area contributed by atoms with Crippen LogP contribution in [0, 0.1) is 0 Å². The van der Waals surface area contributed by atoms with E-state index in [-0.39, 0.29) is 6.04 Å². The maximum atomic E-state index is 10.4. The number of aliphatic hydroxyl groups is 1. The largest absolute Gasteiger partial charge is 0.387 e. The number of hydrogen-bond donors (Lipinski definition) is 2. The van der Waals surface area contributed by atoms with Crippen molar-refractivity contribution in [2.75, 3.05) is 0 Å². The molecule has 3 atom stereocenters. The standard InChI is InChI=1S/C16H27NO/c1-5-12(4)17-15(7-3)16(18)14-10-8-13(6-2)9-11-14/h8-12,15-18H,5-7H2,1-4H3. The van der Waals surface area contributed by atoms with E-state index in [1.165, 1.54) is 5.56 Å². The molecule has 1 aromatic carbocycles. The van der Waals surface area contributed by atoms with E-state index in [1.807, 2.05) is 12.1 Å². The first kappa shape index (κ1) is 15.2. The van der Waals surface area contributed by atoms with Crippen LogP contribution < -0.4 is 5.32 Å². The van der Waals surface area contributed by atoms with Gasteiger partial charge in [-0.3, -0.25) is 0 Å². The van der Waals surface area contributed by atoms with Crippen LogP contribution in [0.4, 0.5) is 0 Å². The summed E-state index contributed by atoms with van der Waals surface area (Å²) in [5.41, 5.74) is 2.32. The van der Waals surface area contributed by atoms with E-state index in [0.717, 1.165) is 24.8 Å². The molecule has 0 aliphatic heterocycles. The molecular formula is C16H27NO. The fourth-order valence-electron chi connectivity index (χ4n) is 2.10. The minimum atomic E-state index is -0.421. The van der Waals surface area contributed by atoms with Crippen molar-refractivity contribution in [3.8, 4) is 0 Å². The first-order valence-electron chi connectivity index (χ1n) is 7.15. The number of hydrogen-bond acceptors (Lipinski definition) is 2. The Morgan fingerprint density at radius 2 is 1.67 bits per heavy atom. The number of rotatable bonds is 7. The van der Waals surface area contributed by atoms with Crippen LogP contribution in [0.15, 0.2) is 24.3 Å². The number of benzene rings is 1. The van der Waals surface area contributed by atoms with E-state index >= 15 is 0 Å². The van der Waals surface area contributed by atoms with Gasteiger partial charge in [0.15, 0.2) is 0 Å². The van der Waals surface area contributed by atoms with Crippen LogP contribution in [0.1, 0.15) is 57.8 Å². The van der Waals surface area contributed by atoms with Crippen LogP contribution in [0.5, 0.6) is 0 Å². The van der Waals surface area contributed by atoms with Gasteiger partial charge in [0.25, 0.3) is 0 Å². The average molecular weight is 249 g/mol. The summed E-state index contributed by atoms with van der Waals surface area (Å²) >= 11 is 0. The van der Waals surface area contributed by atoms with Crippen LogP contribution in [0.25, 0.3) is 0 Å². The molecule has 0 aliphatic carbocycles. The van der Waals surface area contributed by atoms with Crippen molar-refractivity contribution in [3.63, 3.8) is 0 Å². The SMILES string of the molecule is CCc1ccc(C(O)C(CC)NC(C)CC)cc1. The molecule has 0 amide bonds. The highest BCUT2D eigenvalue weighted by molar-refractivity contribution is 5.25. The molecule has 0 saturated carbocycles. The maximum Gasteiger partial charge on any atom is 0.0942 e.